The summed E-state index contributed by atoms with van der Waals surface area (Å²) < 4.78 is 1.17. The number of anilines is 1. The summed E-state index contributed by atoms with van der Waals surface area (Å²) in [7, 11) is 0. The van der Waals surface area contributed by atoms with Crippen LogP contribution in [0.15, 0.2) is 11.7 Å². The fourth-order valence-corrected chi connectivity index (χ4v) is 3.22. The molecule has 0 aromatic carbocycles. The van der Waals surface area contributed by atoms with E-state index in [0.29, 0.717) is 6.04 Å². The molecule has 0 bridgehead atoms. The maximum absolute atomic E-state index is 4.35. The second kappa shape index (κ2) is 5.69. The van der Waals surface area contributed by atoms with Crippen LogP contribution in [0.3, 0.4) is 0 Å². The first-order chi connectivity index (χ1) is 8.22. The SMILES string of the molecule is CSCCC(C)Nc1ncnc2c(C)csc12. The van der Waals surface area contributed by atoms with Crippen molar-refractivity contribution in [3.63, 3.8) is 0 Å². The molecule has 3 nitrogen and oxygen atoms in total. The molecule has 0 saturated carbocycles. The van der Waals surface area contributed by atoms with Gasteiger partial charge in [-0.2, -0.15) is 11.8 Å². The Bertz CT molecular complexity index is 495. The minimum Gasteiger partial charge on any atom is -0.366 e. The first kappa shape index (κ1) is 12.6. The topological polar surface area (TPSA) is 37.8 Å². The molecule has 1 N–H and O–H groups in total. The smallest absolute Gasteiger partial charge is 0.147 e. The molecule has 0 aliphatic heterocycles. The molecule has 0 aliphatic rings. The second-order valence-electron chi connectivity index (χ2n) is 4.15. The van der Waals surface area contributed by atoms with Gasteiger partial charge in [0.1, 0.15) is 12.1 Å². The van der Waals surface area contributed by atoms with Gasteiger partial charge in [-0.3, -0.25) is 0 Å². The van der Waals surface area contributed by atoms with E-state index in [9.17, 15) is 0 Å². The van der Waals surface area contributed by atoms with E-state index in [-0.39, 0.29) is 0 Å². The van der Waals surface area contributed by atoms with Gasteiger partial charge in [-0.25, -0.2) is 9.97 Å². The van der Waals surface area contributed by atoms with Crippen LogP contribution >= 0.6 is 23.1 Å². The van der Waals surface area contributed by atoms with E-state index in [1.165, 1.54) is 16.0 Å². The maximum atomic E-state index is 4.35. The molecule has 2 aromatic heterocycles. The highest BCUT2D eigenvalue weighted by atomic mass is 32.2. The molecular weight excluding hydrogens is 250 g/mol. The van der Waals surface area contributed by atoms with Gasteiger partial charge >= 0.3 is 0 Å². The molecule has 2 rings (SSSR count). The number of aryl methyl sites for hydroxylation is 1. The van der Waals surface area contributed by atoms with Crippen molar-refractivity contribution >= 4 is 39.1 Å². The van der Waals surface area contributed by atoms with Crippen LogP contribution in [0.25, 0.3) is 10.2 Å². The Balaban J connectivity index is 2.18. The zero-order valence-corrected chi connectivity index (χ0v) is 12.0. The van der Waals surface area contributed by atoms with E-state index in [0.717, 1.165) is 17.8 Å². The zero-order valence-electron chi connectivity index (χ0n) is 10.4. The van der Waals surface area contributed by atoms with Crippen molar-refractivity contribution in [2.24, 2.45) is 0 Å². The first-order valence-electron chi connectivity index (χ1n) is 5.66. The van der Waals surface area contributed by atoms with E-state index < -0.39 is 0 Å². The van der Waals surface area contributed by atoms with Crippen LogP contribution < -0.4 is 5.32 Å². The molecule has 5 heteroatoms. The number of thioether (sulfide) groups is 1. The number of fused-ring (bicyclic) bond motifs is 1. The molecule has 0 radical (unpaired) electrons. The van der Waals surface area contributed by atoms with E-state index in [1.807, 2.05) is 11.8 Å². The number of thiophene rings is 1. The number of rotatable bonds is 5. The molecule has 0 aliphatic carbocycles. The predicted octanol–water partition coefficient (Wildman–Crippen LogP) is 3.55. The van der Waals surface area contributed by atoms with Gasteiger partial charge in [0.2, 0.25) is 0 Å². The van der Waals surface area contributed by atoms with Gasteiger partial charge in [-0.1, -0.05) is 0 Å². The van der Waals surface area contributed by atoms with E-state index in [2.05, 4.69) is 40.8 Å². The Labute approximate surface area is 110 Å². The molecule has 1 atom stereocenters. The lowest BCUT2D eigenvalue weighted by atomic mass is 10.2. The second-order valence-corrected chi connectivity index (χ2v) is 6.01. The van der Waals surface area contributed by atoms with Crippen LogP contribution in [0.5, 0.6) is 0 Å². The summed E-state index contributed by atoms with van der Waals surface area (Å²) in [5.74, 6) is 2.15. The summed E-state index contributed by atoms with van der Waals surface area (Å²) in [5, 5.41) is 5.61. The van der Waals surface area contributed by atoms with E-state index >= 15 is 0 Å². The highest BCUT2D eigenvalue weighted by molar-refractivity contribution is 7.98. The van der Waals surface area contributed by atoms with E-state index in [1.54, 1.807) is 17.7 Å². The van der Waals surface area contributed by atoms with Gasteiger partial charge in [0.25, 0.3) is 0 Å². The third-order valence-electron chi connectivity index (χ3n) is 2.67. The highest BCUT2D eigenvalue weighted by Gasteiger charge is 2.10. The average molecular weight is 267 g/mol. The van der Waals surface area contributed by atoms with Gasteiger partial charge in [-0.15, -0.1) is 11.3 Å². The number of aromatic nitrogens is 2. The fraction of sp³-hybridized carbons (Fsp3) is 0.500. The quantitative estimate of drug-likeness (QED) is 0.899. The summed E-state index contributed by atoms with van der Waals surface area (Å²) in [4.78, 5) is 8.68. The summed E-state index contributed by atoms with van der Waals surface area (Å²) in [6.07, 6.45) is 4.93. The summed E-state index contributed by atoms with van der Waals surface area (Å²) in [6, 6.07) is 0.447. The monoisotopic (exact) mass is 267 g/mol. The van der Waals surface area contributed by atoms with Crippen LogP contribution in [0, 0.1) is 6.92 Å². The standard InChI is InChI=1S/C12H17N3S2/c1-8-6-17-11-10(8)13-7-14-12(11)15-9(2)4-5-16-3/h6-7,9H,4-5H2,1-3H3,(H,13,14,15). The Morgan fingerprint density at radius 3 is 3.06 bits per heavy atom. The number of hydrogen-bond donors (Lipinski definition) is 1. The lowest BCUT2D eigenvalue weighted by Crippen LogP contribution is -2.16. The fourth-order valence-electron chi connectivity index (χ4n) is 1.67. The summed E-state index contributed by atoms with van der Waals surface area (Å²) in [5.41, 5.74) is 2.30. The molecule has 0 fully saturated rings. The number of nitrogens with zero attached hydrogens (tertiary/aromatic N) is 2. The Morgan fingerprint density at radius 2 is 2.29 bits per heavy atom. The van der Waals surface area contributed by atoms with Gasteiger partial charge in [-0.05, 0) is 43.2 Å². The molecule has 1 unspecified atom stereocenters. The van der Waals surface area contributed by atoms with Crippen LogP contribution in [-0.2, 0) is 0 Å². The largest absolute Gasteiger partial charge is 0.366 e. The van der Waals surface area contributed by atoms with Crippen molar-refractivity contribution in [1.82, 2.24) is 9.97 Å². The normalized spacial score (nSPS) is 12.9. The number of nitrogens with one attached hydrogen (secondary N) is 1. The molecular formula is C12H17N3S2. The van der Waals surface area contributed by atoms with Crippen LogP contribution in [0.1, 0.15) is 18.9 Å². The lowest BCUT2D eigenvalue weighted by molar-refractivity contribution is 0.768. The minimum absolute atomic E-state index is 0.447. The molecule has 92 valence electrons. The van der Waals surface area contributed by atoms with Gasteiger partial charge < -0.3 is 5.32 Å². The van der Waals surface area contributed by atoms with Crippen LogP contribution in [0.4, 0.5) is 5.82 Å². The third-order valence-corrected chi connectivity index (χ3v) is 4.41. The molecule has 0 amide bonds. The Morgan fingerprint density at radius 1 is 1.47 bits per heavy atom. The minimum atomic E-state index is 0.447. The van der Waals surface area contributed by atoms with Crippen LogP contribution in [0.2, 0.25) is 0 Å². The molecule has 17 heavy (non-hydrogen) atoms. The van der Waals surface area contributed by atoms with Crippen molar-refractivity contribution in [3.8, 4) is 0 Å². The van der Waals surface area contributed by atoms with Gasteiger partial charge in [0, 0.05) is 6.04 Å². The average Bonchev–Trinajstić information content (AvgIpc) is 2.70. The lowest BCUT2D eigenvalue weighted by Gasteiger charge is -2.13. The zero-order chi connectivity index (χ0) is 12.3. The highest BCUT2D eigenvalue weighted by Crippen LogP contribution is 2.28. The van der Waals surface area contributed by atoms with Gasteiger partial charge in [0.05, 0.1) is 10.2 Å². The summed E-state index contributed by atoms with van der Waals surface area (Å²) in [6.45, 7) is 4.29. The van der Waals surface area contributed by atoms with Gasteiger partial charge in [0.15, 0.2) is 0 Å². The molecule has 2 aromatic rings. The molecule has 0 spiro atoms. The number of hydrogen-bond acceptors (Lipinski definition) is 5. The molecule has 0 saturated heterocycles. The van der Waals surface area contributed by atoms with E-state index in [4.69, 9.17) is 0 Å². The van der Waals surface area contributed by atoms with Crippen molar-refractivity contribution in [1.29, 1.82) is 0 Å². The molecule has 2 heterocycles. The van der Waals surface area contributed by atoms with Crippen LogP contribution in [-0.4, -0.2) is 28.0 Å². The summed E-state index contributed by atoms with van der Waals surface area (Å²) >= 11 is 3.59. The predicted molar refractivity (Wildman–Crippen MR) is 78.2 cm³/mol. The van der Waals surface area contributed by atoms with Crippen molar-refractivity contribution in [3.05, 3.63) is 17.3 Å². The van der Waals surface area contributed by atoms with Crippen molar-refractivity contribution in [2.75, 3.05) is 17.3 Å². The third kappa shape index (κ3) is 2.90. The first-order valence-corrected chi connectivity index (χ1v) is 7.94. The Kier molecular flexibility index (Phi) is 4.23. The maximum Gasteiger partial charge on any atom is 0.147 e. The van der Waals surface area contributed by atoms with Crippen molar-refractivity contribution < 1.29 is 0 Å². The van der Waals surface area contributed by atoms with Crippen molar-refractivity contribution in [2.45, 2.75) is 26.3 Å². The Hall–Kier alpha value is -0.810.